The van der Waals surface area contributed by atoms with Gasteiger partial charge in [0, 0.05) is 21.3 Å². The fourth-order valence-corrected chi connectivity index (χ4v) is 2.51. The lowest BCUT2D eigenvalue weighted by atomic mass is 9.96. The Morgan fingerprint density at radius 3 is 2.47 bits per heavy atom. The third-order valence-electron chi connectivity index (χ3n) is 3.19. The number of methoxy groups -OCH3 is 2. The smallest absolute Gasteiger partial charge is 0.180 e. The zero-order valence-corrected chi connectivity index (χ0v) is 12.4. The summed E-state index contributed by atoms with van der Waals surface area (Å²) in [4.78, 5) is 1.54. The molecule has 0 bridgehead atoms. The number of nitrogens with zero attached hydrogens (tertiary/aromatic N) is 1. The molecule has 0 aromatic heterocycles. The average Bonchev–Trinajstić information content (AvgIpc) is 2.42. The van der Waals surface area contributed by atoms with Crippen molar-refractivity contribution in [2.75, 3.05) is 34.1 Å². The lowest BCUT2D eigenvalue weighted by Gasteiger charge is -2.45. The molecule has 1 fully saturated rings. The Morgan fingerprint density at radius 2 is 2.00 bits per heavy atom. The third-order valence-corrected chi connectivity index (χ3v) is 3.87. The molecular weight excluding hydrogens is 272 g/mol. The van der Waals surface area contributed by atoms with Gasteiger partial charge in [0.05, 0.1) is 6.61 Å². The molecule has 8 heteroatoms. The second-order valence-corrected chi connectivity index (χ2v) is 5.12. The van der Waals surface area contributed by atoms with E-state index in [0.29, 0.717) is 0 Å². The molecule has 0 spiro atoms. The van der Waals surface area contributed by atoms with Crippen molar-refractivity contribution in [3.63, 3.8) is 0 Å². The van der Waals surface area contributed by atoms with Crippen LogP contribution in [0.1, 0.15) is 0 Å². The number of ether oxygens (including phenoxy) is 3. The fraction of sp³-hybridized carbons (Fsp3) is 0.909. The molecule has 7 nitrogen and oxygen atoms in total. The first-order valence-electron chi connectivity index (χ1n) is 5.86. The first-order valence-corrected chi connectivity index (χ1v) is 7.09. The summed E-state index contributed by atoms with van der Waals surface area (Å²) in [5.41, 5.74) is 0. The van der Waals surface area contributed by atoms with Gasteiger partial charge in [-0.3, -0.25) is 5.41 Å². The summed E-state index contributed by atoms with van der Waals surface area (Å²) in [6.45, 7) is 0.161. The number of aliphatic hydroxyl groups is 2. The topological polar surface area (TPSA) is 95.2 Å². The highest BCUT2D eigenvalue weighted by molar-refractivity contribution is 8.13. The predicted octanol–water partition coefficient (Wildman–Crippen LogP) is -0.676. The van der Waals surface area contributed by atoms with Crippen LogP contribution in [0.5, 0.6) is 0 Å². The molecule has 3 N–H and O–H groups in total. The Balaban J connectivity index is 2.88. The molecule has 0 saturated carbocycles. The quantitative estimate of drug-likeness (QED) is 0.467. The molecule has 0 aliphatic carbocycles. The maximum absolute atomic E-state index is 10.2. The van der Waals surface area contributed by atoms with Gasteiger partial charge in [-0.15, -0.1) is 0 Å². The van der Waals surface area contributed by atoms with Crippen molar-refractivity contribution in [2.45, 2.75) is 30.6 Å². The van der Waals surface area contributed by atoms with Gasteiger partial charge in [0.1, 0.15) is 24.4 Å². The van der Waals surface area contributed by atoms with Gasteiger partial charge in [0.15, 0.2) is 11.5 Å². The Morgan fingerprint density at radius 1 is 1.37 bits per heavy atom. The van der Waals surface area contributed by atoms with Crippen LogP contribution >= 0.6 is 11.8 Å². The van der Waals surface area contributed by atoms with Crippen molar-refractivity contribution in [3.8, 4) is 0 Å². The molecule has 1 aliphatic heterocycles. The molecule has 112 valence electrons. The van der Waals surface area contributed by atoms with Gasteiger partial charge in [-0.25, -0.2) is 0 Å². The van der Waals surface area contributed by atoms with Gasteiger partial charge in [-0.05, 0) is 6.26 Å². The summed E-state index contributed by atoms with van der Waals surface area (Å²) in [6, 6.07) is -0.645. The van der Waals surface area contributed by atoms with Crippen LogP contribution in [-0.4, -0.2) is 85.1 Å². The van der Waals surface area contributed by atoms with Gasteiger partial charge in [-0.1, -0.05) is 11.8 Å². The molecule has 1 aliphatic rings. The van der Waals surface area contributed by atoms with Gasteiger partial charge < -0.3 is 29.3 Å². The fourth-order valence-electron chi connectivity index (χ4n) is 2.10. The second-order valence-electron chi connectivity index (χ2n) is 4.33. The number of thioether (sulfide) groups is 1. The third kappa shape index (κ3) is 3.59. The molecule has 0 aromatic carbocycles. The normalized spacial score (nSPS) is 35.2. The minimum absolute atomic E-state index is 0.161. The van der Waals surface area contributed by atoms with Crippen LogP contribution in [-0.2, 0) is 14.2 Å². The standard InChI is InChI=1S/C11H22N2O5S/c1-13(11(12)19-4)7-9(15)8(14)6(5-16-2)18-10(7)17-3/h6-10,12,14-15H,5H2,1-4H3. The van der Waals surface area contributed by atoms with Gasteiger partial charge in [-0.2, -0.15) is 0 Å². The van der Waals surface area contributed by atoms with Crippen LogP contribution < -0.4 is 0 Å². The molecule has 0 radical (unpaired) electrons. The van der Waals surface area contributed by atoms with Gasteiger partial charge in [0.25, 0.3) is 0 Å². The predicted molar refractivity (Wildman–Crippen MR) is 72.4 cm³/mol. The Labute approximate surface area is 117 Å². The van der Waals surface area contributed by atoms with Crippen LogP contribution in [0.3, 0.4) is 0 Å². The maximum atomic E-state index is 10.2. The Kier molecular flexibility index (Phi) is 6.51. The lowest BCUT2D eigenvalue weighted by molar-refractivity contribution is -0.274. The van der Waals surface area contributed by atoms with E-state index in [4.69, 9.17) is 19.6 Å². The van der Waals surface area contributed by atoms with Crippen molar-refractivity contribution in [3.05, 3.63) is 0 Å². The number of likely N-dealkylation sites (N-methyl/N-ethyl adjacent to an activating group) is 1. The summed E-state index contributed by atoms with van der Waals surface area (Å²) in [7, 11) is 4.61. The monoisotopic (exact) mass is 294 g/mol. The van der Waals surface area contributed by atoms with Crippen molar-refractivity contribution in [1.29, 1.82) is 5.41 Å². The molecule has 1 saturated heterocycles. The van der Waals surface area contributed by atoms with Crippen LogP contribution in [0.15, 0.2) is 0 Å². The second kappa shape index (κ2) is 7.41. The lowest BCUT2D eigenvalue weighted by Crippen LogP contribution is -2.64. The van der Waals surface area contributed by atoms with Crippen molar-refractivity contribution in [1.82, 2.24) is 4.90 Å². The van der Waals surface area contributed by atoms with Crippen molar-refractivity contribution < 1.29 is 24.4 Å². The summed E-state index contributed by atoms with van der Waals surface area (Å²) in [5, 5.41) is 28.3. The molecule has 5 unspecified atom stereocenters. The first kappa shape index (κ1) is 16.7. The van der Waals surface area contributed by atoms with E-state index in [1.165, 1.54) is 30.9 Å². The summed E-state index contributed by atoms with van der Waals surface area (Å²) < 4.78 is 15.7. The highest BCUT2D eigenvalue weighted by atomic mass is 32.2. The number of amidine groups is 1. The molecule has 1 rings (SSSR count). The number of rotatable bonds is 4. The largest absolute Gasteiger partial charge is 0.388 e. The van der Waals surface area contributed by atoms with E-state index in [-0.39, 0.29) is 11.8 Å². The number of aliphatic hydroxyl groups excluding tert-OH is 2. The van der Waals surface area contributed by atoms with E-state index < -0.39 is 30.6 Å². The van der Waals surface area contributed by atoms with Gasteiger partial charge >= 0.3 is 0 Å². The Bertz CT molecular complexity index is 305. The first-order chi connectivity index (χ1) is 8.97. The number of nitrogens with one attached hydrogen (secondary N) is 1. The Hall–Kier alpha value is -0.380. The van der Waals surface area contributed by atoms with Crippen LogP contribution in [0.4, 0.5) is 0 Å². The zero-order valence-electron chi connectivity index (χ0n) is 11.6. The molecule has 5 atom stereocenters. The van der Waals surface area contributed by atoms with Crippen molar-refractivity contribution in [2.24, 2.45) is 0 Å². The SMILES string of the molecule is COCC1OC(OC)C(N(C)C(=N)SC)C(O)C1O. The molecule has 19 heavy (non-hydrogen) atoms. The summed E-state index contributed by atoms with van der Waals surface area (Å²) in [5.74, 6) is 0. The summed E-state index contributed by atoms with van der Waals surface area (Å²) in [6.07, 6.45) is -1.81. The van der Waals surface area contributed by atoms with Crippen LogP contribution in [0.25, 0.3) is 0 Å². The summed E-state index contributed by atoms with van der Waals surface area (Å²) >= 11 is 1.23. The van der Waals surface area contributed by atoms with Crippen LogP contribution in [0.2, 0.25) is 0 Å². The van der Waals surface area contributed by atoms with E-state index in [1.54, 1.807) is 13.3 Å². The van der Waals surface area contributed by atoms with E-state index >= 15 is 0 Å². The number of hydrogen-bond donors (Lipinski definition) is 3. The van der Waals surface area contributed by atoms with E-state index in [9.17, 15) is 10.2 Å². The molecule has 0 amide bonds. The maximum Gasteiger partial charge on any atom is 0.180 e. The van der Waals surface area contributed by atoms with E-state index in [1.807, 2.05) is 0 Å². The minimum Gasteiger partial charge on any atom is -0.388 e. The molecule has 0 aromatic rings. The zero-order chi connectivity index (χ0) is 14.6. The highest BCUT2D eigenvalue weighted by Crippen LogP contribution is 2.26. The average molecular weight is 294 g/mol. The van der Waals surface area contributed by atoms with Gasteiger partial charge in [0.2, 0.25) is 0 Å². The molecular formula is C11H22N2O5S. The highest BCUT2D eigenvalue weighted by Gasteiger charge is 2.47. The van der Waals surface area contributed by atoms with E-state index in [2.05, 4.69) is 0 Å². The van der Waals surface area contributed by atoms with Crippen LogP contribution in [0, 0.1) is 5.41 Å². The number of hydrogen-bond acceptors (Lipinski definition) is 7. The molecule has 1 heterocycles. The van der Waals surface area contributed by atoms with Crippen molar-refractivity contribution >= 4 is 16.9 Å². The van der Waals surface area contributed by atoms with E-state index in [0.717, 1.165) is 0 Å². The minimum atomic E-state index is -1.09.